The fourth-order valence-electron chi connectivity index (χ4n) is 2.29. The summed E-state index contributed by atoms with van der Waals surface area (Å²) in [5.41, 5.74) is 1.01. The quantitative estimate of drug-likeness (QED) is 0.909. The number of para-hydroxylation sites is 1. The zero-order valence-corrected chi connectivity index (χ0v) is 10.7. The van der Waals surface area contributed by atoms with Gasteiger partial charge in [0.2, 0.25) is 0 Å². The molecule has 1 fully saturated rings. The van der Waals surface area contributed by atoms with Gasteiger partial charge in [-0.2, -0.15) is 5.26 Å². The molecule has 1 atom stereocenters. The molecular weight excluding hydrogens is 264 g/mol. The zero-order chi connectivity index (χ0) is 11.4. The molecule has 1 N–H and O–H groups in total. The van der Waals surface area contributed by atoms with Crippen LogP contribution in [-0.2, 0) is 0 Å². The van der Waals surface area contributed by atoms with Gasteiger partial charge < -0.3 is 5.32 Å². The van der Waals surface area contributed by atoms with E-state index >= 15 is 0 Å². The fourth-order valence-corrected chi connectivity index (χ4v) is 2.69. The largest absolute Gasteiger partial charge is 0.369 e. The van der Waals surface area contributed by atoms with Crippen LogP contribution in [0.2, 0.25) is 0 Å². The zero-order valence-electron chi connectivity index (χ0n) is 9.12. The third-order valence-corrected chi connectivity index (χ3v) is 3.89. The molecule has 1 saturated carbocycles. The Hall–Kier alpha value is -1.01. The maximum atomic E-state index is 9.21. The Bertz CT molecular complexity index is 391. The van der Waals surface area contributed by atoms with Crippen molar-refractivity contribution in [3.8, 4) is 6.07 Å². The van der Waals surface area contributed by atoms with Crippen molar-refractivity contribution in [3.05, 3.63) is 28.7 Å². The number of nitriles is 1. The summed E-state index contributed by atoms with van der Waals surface area (Å²) in [6, 6.07) is 10.3. The van der Waals surface area contributed by atoms with Crippen molar-refractivity contribution in [2.75, 3.05) is 5.32 Å². The average Bonchev–Trinajstić information content (AvgIpc) is 2.81. The molecule has 2 rings (SSSR count). The van der Waals surface area contributed by atoms with Gasteiger partial charge in [-0.3, -0.25) is 0 Å². The highest BCUT2D eigenvalue weighted by Crippen LogP contribution is 2.30. The molecule has 1 unspecified atom stereocenters. The Morgan fingerprint density at radius 3 is 2.62 bits per heavy atom. The number of nitrogens with zero attached hydrogens (tertiary/aromatic N) is 1. The number of benzene rings is 1. The summed E-state index contributed by atoms with van der Waals surface area (Å²) in [4.78, 5) is 0. The average molecular weight is 279 g/mol. The highest BCUT2D eigenvalue weighted by atomic mass is 79.9. The standard InChI is InChI=1S/C13H15BrN2/c14-11-7-3-4-8-12(11)16-13(9-15)10-5-1-2-6-10/h3-4,7-8,10,13,16H,1-2,5-6H2. The van der Waals surface area contributed by atoms with E-state index in [4.69, 9.17) is 0 Å². The van der Waals surface area contributed by atoms with Crippen LogP contribution in [0.3, 0.4) is 0 Å². The summed E-state index contributed by atoms with van der Waals surface area (Å²) in [6.45, 7) is 0. The smallest absolute Gasteiger partial charge is 0.117 e. The van der Waals surface area contributed by atoms with Gasteiger partial charge in [0.1, 0.15) is 6.04 Å². The first-order chi connectivity index (χ1) is 7.81. The van der Waals surface area contributed by atoms with Crippen molar-refractivity contribution >= 4 is 21.6 Å². The van der Waals surface area contributed by atoms with E-state index in [1.165, 1.54) is 25.7 Å². The Labute approximate surface area is 105 Å². The van der Waals surface area contributed by atoms with Crippen molar-refractivity contribution in [2.45, 2.75) is 31.7 Å². The molecule has 0 bridgehead atoms. The van der Waals surface area contributed by atoms with Crippen LogP contribution in [-0.4, -0.2) is 6.04 Å². The van der Waals surface area contributed by atoms with Crippen LogP contribution in [0.15, 0.2) is 28.7 Å². The van der Waals surface area contributed by atoms with E-state index < -0.39 is 0 Å². The van der Waals surface area contributed by atoms with Gasteiger partial charge in [-0.15, -0.1) is 0 Å². The molecule has 1 aliphatic rings. The molecule has 1 aromatic carbocycles. The molecule has 0 heterocycles. The predicted molar refractivity (Wildman–Crippen MR) is 69.1 cm³/mol. The molecule has 1 aliphatic carbocycles. The van der Waals surface area contributed by atoms with Crippen molar-refractivity contribution < 1.29 is 0 Å². The molecule has 0 saturated heterocycles. The first-order valence-corrected chi connectivity index (χ1v) is 6.51. The van der Waals surface area contributed by atoms with E-state index in [9.17, 15) is 5.26 Å². The topological polar surface area (TPSA) is 35.8 Å². The van der Waals surface area contributed by atoms with Crippen molar-refractivity contribution in [2.24, 2.45) is 5.92 Å². The van der Waals surface area contributed by atoms with Crippen LogP contribution in [0.25, 0.3) is 0 Å². The number of anilines is 1. The SMILES string of the molecule is N#CC(Nc1ccccc1Br)C1CCCC1. The Morgan fingerprint density at radius 1 is 1.31 bits per heavy atom. The van der Waals surface area contributed by atoms with E-state index in [0.717, 1.165) is 10.2 Å². The summed E-state index contributed by atoms with van der Waals surface area (Å²) in [5.74, 6) is 0.511. The van der Waals surface area contributed by atoms with Crippen LogP contribution in [0.1, 0.15) is 25.7 Å². The van der Waals surface area contributed by atoms with Crippen molar-refractivity contribution in [1.82, 2.24) is 0 Å². The molecule has 84 valence electrons. The van der Waals surface area contributed by atoms with Gasteiger partial charge in [-0.25, -0.2) is 0 Å². The third kappa shape index (κ3) is 2.56. The van der Waals surface area contributed by atoms with Gasteiger partial charge in [0.15, 0.2) is 0 Å². The maximum absolute atomic E-state index is 9.21. The first-order valence-electron chi connectivity index (χ1n) is 5.72. The van der Waals surface area contributed by atoms with E-state index in [0.29, 0.717) is 5.92 Å². The van der Waals surface area contributed by atoms with E-state index in [1.807, 2.05) is 24.3 Å². The second-order valence-corrected chi connectivity index (χ2v) is 5.13. The van der Waals surface area contributed by atoms with E-state index in [2.05, 4.69) is 27.3 Å². The number of halogens is 1. The molecule has 0 amide bonds. The van der Waals surface area contributed by atoms with E-state index in [-0.39, 0.29) is 6.04 Å². The third-order valence-electron chi connectivity index (χ3n) is 3.20. The lowest BCUT2D eigenvalue weighted by Crippen LogP contribution is -2.25. The minimum absolute atomic E-state index is 0.0544. The highest BCUT2D eigenvalue weighted by molar-refractivity contribution is 9.10. The maximum Gasteiger partial charge on any atom is 0.117 e. The molecule has 0 spiro atoms. The molecule has 2 nitrogen and oxygen atoms in total. The number of nitrogens with one attached hydrogen (secondary N) is 1. The monoisotopic (exact) mass is 278 g/mol. The fraction of sp³-hybridized carbons (Fsp3) is 0.462. The van der Waals surface area contributed by atoms with Gasteiger partial charge in [0.05, 0.1) is 6.07 Å². The second-order valence-electron chi connectivity index (χ2n) is 4.28. The lowest BCUT2D eigenvalue weighted by molar-refractivity contribution is 0.519. The van der Waals surface area contributed by atoms with Crippen LogP contribution in [0.5, 0.6) is 0 Å². The number of rotatable bonds is 3. The van der Waals surface area contributed by atoms with Crippen molar-refractivity contribution in [3.63, 3.8) is 0 Å². The predicted octanol–water partition coefficient (Wildman–Crippen LogP) is 3.94. The van der Waals surface area contributed by atoms with Crippen LogP contribution in [0.4, 0.5) is 5.69 Å². The Kier molecular flexibility index (Phi) is 3.84. The minimum Gasteiger partial charge on any atom is -0.369 e. The van der Waals surface area contributed by atoms with Crippen LogP contribution < -0.4 is 5.32 Å². The van der Waals surface area contributed by atoms with Gasteiger partial charge in [0.25, 0.3) is 0 Å². The molecule has 0 aromatic heterocycles. The van der Waals surface area contributed by atoms with Gasteiger partial charge in [0, 0.05) is 10.2 Å². The lowest BCUT2D eigenvalue weighted by atomic mass is 9.99. The Morgan fingerprint density at radius 2 is 2.00 bits per heavy atom. The summed E-state index contributed by atoms with van der Waals surface area (Å²) >= 11 is 3.49. The van der Waals surface area contributed by atoms with Crippen LogP contribution >= 0.6 is 15.9 Å². The summed E-state index contributed by atoms with van der Waals surface area (Å²) in [5, 5.41) is 12.5. The minimum atomic E-state index is -0.0544. The summed E-state index contributed by atoms with van der Waals surface area (Å²) < 4.78 is 1.02. The van der Waals surface area contributed by atoms with Crippen molar-refractivity contribution in [1.29, 1.82) is 5.26 Å². The molecule has 3 heteroatoms. The van der Waals surface area contributed by atoms with E-state index in [1.54, 1.807) is 0 Å². The highest BCUT2D eigenvalue weighted by Gasteiger charge is 2.24. The molecule has 16 heavy (non-hydrogen) atoms. The number of hydrogen-bond donors (Lipinski definition) is 1. The van der Waals surface area contributed by atoms with Crippen LogP contribution in [0, 0.1) is 17.2 Å². The van der Waals surface area contributed by atoms with Gasteiger partial charge in [-0.05, 0) is 46.8 Å². The summed E-state index contributed by atoms with van der Waals surface area (Å²) in [7, 11) is 0. The molecule has 0 radical (unpaired) electrons. The second kappa shape index (κ2) is 5.36. The lowest BCUT2D eigenvalue weighted by Gasteiger charge is -2.19. The first kappa shape index (κ1) is 11.5. The molecular formula is C13H15BrN2. The summed E-state index contributed by atoms with van der Waals surface area (Å²) in [6.07, 6.45) is 4.88. The Balaban J connectivity index is 2.07. The molecule has 0 aliphatic heterocycles. The normalized spacial score (nSPS) is 18.0. The molecule has 1 aromatic rings. The van der Waals surface area contributed by atoms with Gasteiger partial charge in [-0.1, -0.05) is 25.0 Å². The van der Waals surface area contributed by atoms with Gasteiger partial charge >= 0.3 is 0 Å². The number of hydrogen-bond acceptors (Lipinski definition) is 2.